The minimum absolute atomic E-state index is 0.00863. The van der Waals surface area contributed by atoms with Gasteiger partial charge in [0.25, 0.3) is 0 Å². The van der Waals surface area contributed by atoms with Crippen LogP contribution in [0.3, 0.4) is 0 Å². The Kier molecular flexibility index (Phi) is 4.07. The van der Waals surface area contributed by atoms with Crippen LogP contribution in [0.2, 0.25) is 0 Å². The highest BCUT2D eigenvalue weighted by Crippen LogP contribution is 2.20. The van der Waals surface area contributed by atoms with Crippen LogP contribution >= 0.6 is 0 Å². The van der Waals surface area contributed by atoms with E-state index in [1.807, 2.05) is 19.1 Å². The third-order valence-electron chi connectivity index (χ3n) is 3.45. The molecule has 18 heavy (non-hydrogen) atoms. The van der Waals surface area contributed by atoms with Gasteiger partial charge in [-0.05, 0) is 43.4 Å². The summed E-state index contributed by atoms with van der Waals surface area (Å²) < 4.78 is 0. The van der Waals surface area contributed by atoms with Crippen LogP contribution in [0.15, 0.2) is 24.3 Å². The molecular weight excluding hydrogens is 228 g/mol. The highest BCUT2D eigenvalue weighted by atomic mass is 16.3. The van der Waals surface area contributed by atoms with E-state index in [4.69, 9.17) is 0 Å². The Hall–Kier alpha value is -1.71. The molecule has 0 saturated heterocycles. The molecule has 3 N–H and O–H groups in total. The number of phenolic OH excluding ortho intramolecular Hbond substituents is 1. The lowest BCUT2D eigenvalue weighted by atomic mass is 9.93. The summed E-state index contributed by atoms with van der Waals surface area (Å²) in [5.74, 6) is 0.243. The lowest BCUT2D eigenvalue weighted by Crippen LogP contribution is -2.46. The molecule has 2 amide bonds. The second-order valence-corrected chi connectivity index (χ2v) is 4.80. The van der Waals surface area contributed by atoms with E-state index < -0.39 is 0 Å². The molecule has 98 valence electrons. The number of phenols is 1. The fraction of sp³-hybridized carbons (Fsp3) is 0.500. The maximum Gasteiger partial charge on any atom is 0.315 e. The number of hydrogen-bond donors (Lipinski definition) is 3. The quantitative estimate of drug-likeness (QED) is 0.767. The van der Waals surface area contributed by atoms with Gasteiger partial charge >= 0.3 is 6.03 Å². The standard InChI is InChI=1S/C14H20N2O2/c1-2-13(10-6-8-12(17)9-7-10)16-14(18)15-11-4-3-5-11/h6-9,11,13,17H,2-5H2,1H3,(H2,15,16,18)/t13-/m1/s1. The number of carbonyl (C=O) groups excluding carboxylic acids is 1. The van der Waals surface area contributed by atoms with Crippen molar-refractivity contribution in [2.75, 3.05) is 0 Å². The van der Waals surface area contributed by atoms with E-state index in [0.717, 1.165) is 24.8 Å². The van der Waals surface area contributed by atoms with Crippen molar-refractivity contribution < 1.29 is 9.90 Å². The molecule has 0 unspecified atom stereocenters. The average Bonchev–Trinajstić information content (AvgIpc) is 2.32. The van der Waals surface area contributed by atoms with E-state index in [1.165, 1.54) is 6.42 Å². The number of carbonyl (C=O) groups is 1. The molecule has 0 radical (unpaired) electrons. The maximum atomic E-state index is 11.8. The Morgan fingerprint density at radius 2 is 2.06 bits per heavy atom. The van der Waals surface area contributed by atoms with E-state index in [0.29, 0.717) is 6.04 Å². The van der Waals surface area contributed by atoms with E-state index in [1.54, 1.807) is 12.1 Å². The number of aromatic hydroxyl groups is 1. The predicted molar refractivity (Wildman–Crippen MR) is 70.4 cm³/mol. The zero-order valence-corrected chi connectivity index (χ0v) is 10.6. The molecule has 1 fully saturated rings. The molecule has 1 aromatic carbocycles. The summed E-state index contributed by atoms with van der Waals surface area (Å²) in [6.07, 6.45) is 4.20. The van der Waals surface area contributed by atoms with Crippen molar-refractivity contribution in [3.05, 3.63) is 29.8 Å². The van der Waals surface area contributed by atoms with Gasteiger partial charge in [-0.1, -0.05) is 19.1 Å². The van der Waals surface area contributed by atoms with Crippen LogP contribution in [-0.4, -0.2) is 17.2 Å². The van der Waals surface area contributed by atoms with Gasteiger partial charge in [0.05, 0.1) is 6.04 Å². The Morgan fingerprint density at radius 3 is 2.56 bits per heavy atom. The molecule has 0 aliphatic heterocycles. The molecular formula is C14H20N2O2. The van der Waals surface area contributed by atoms with Gasteiger partial charge in [0.1, 0.15) is 5.75 Å². The number of urea groups is 1. The van der Waals surface area contributed by atoms with Crippen LogP contribution in [0.1, 0.15) is 44.2 Å². The van der Waals surface area contributed by atoms with Crippen LogP contribution in [0, 0.1) is 0 Å². The van der Waals surface area contributed by atoms with E-state index in [9.17, 15) is 9.90 Å². The fourth-order valence-corrected chi connectivity index (χ4v) is 2.07. The Bertz CT molecular complexity index is 399. The van der Waals surface area contributed by atoms with E-state index in [2.05, 4.69) is 10.6 Å². The zero-order chi connectivity index (χ0) is 13.0. The van der Waals surface area contributed by atoms with Crippen LogP contribution in [-0.2, 0) is 0 Å². The summed E-state index contributed by atoms with van der Waals surface area (Å²) in [4.78, 5) is 11.8. The average molecular weight is 248 g/mol. The molecule has 4 heteroatoms. The minimum atomic E-state index is -0.0976. The number of amides is 2. The van der Waals surface area contributed by atoms with Gasteiger partial charge in [-0.2, -0.15) is 0 Å². The van der Waals surface area contributed by atoms with E-state index >= 15 is 0 Å². The first kappa shape index (κ1) is 12.7. The first-order valence-corrected chi connectivity index (χ1v) is 6.55. The summed E-state index contributed by atoms with van der Waals surface area (Å²) in [6, 6.07) is 7.21. The predicted octanol–water partition coefficient (Wildman–Crippen LogP) is 2.70. The first-order valence-electron chi connectivity index (χ1n) is 6.55. The highest BCUT2D eigenvalue weighted by molar-refractivity contribution is 5.74. The third kappa shape index (κ3) is 3.15. The molecule has 1 aliphatic carbocycles. The summed E-state index contributed by atoms with van der Waals surface area (Å²) in [5.41, 5.74) is 1.01. The molecule has 1 atom stereocenters. The van der Waals surface area contributed by atoms with Crippen LogP contribution < -0.4 is 10.6 Å². The van der Waals surface area contributed by atoms with Crippen molar-refractivity contribution >= 4 is 6.03 Å². The smallest absolute Gasteiger partial charge is 0.315 e. The molecule has 4 nitrogen and oxygen atoms in total. The largest absolute Gasteiger partial charge is 0.508 e. The normalized spacial score (nSPS) is 16.7. The number of rotatable bonds is 4. The van der Waals surface area contributed by atoms with Gasteiger partial charge in [0.15, 0.2) is 0 Å². The topological polar surface area (TPSA) is 61.4 Å². The fourth-order valence-electron chi connectivity index (χ4n) is 2.07. The lowest BCUT2D eigenvalue weighted by molar-refractivity contribution is 0.224. The van der Waals surface area contributed by atoms with Gasteiger partial charge < -0.3 is 15.7 Å². The number of nitrogens with one attached hydrogen (secondary N) is 2. The second kappa shape index (κ2) is 5.76. The van der Waals surface area contributed by atoms with Gasteiger partial charge in [-0.15, -0.1) is 0 Å². The van der Waals surface area contributed by atoms with Crippen molar-refractivity contribution in [1.82, 2.24) is 10.6 Å². The number of benzene rings is 1. The van der Waals surface area contributed by atoms with Crippen molar-refractivity contribution in [3.8, 4) is 5.75 Å². The first-order chi connectivity index (χ1) is 8.69. The monoisotopic (exact) mass is 248 g/mol. The lowest BCUT2D eigenvalue weighted by Gasteiger charge is -2.27. The van der Waals surface area contributed by atoms with Gasteiger partial charge in [0, 0.05) is 6.04 Å². The molecule has 1 aromatic rings. The van der Waals surface area contributed by atoms with Gasteiger partial charge in [-0.3, -0.25) is 0 Å². The third-order valence-corrected chi connectivity index (χ3v) is 3.45. The summed E-state index contributed by atoms with van der Waals surface area (Å²) in [7, 11) is 0. The Morgan fingerprint density at radius 1 is 1.39 bits per heavy atom. The van der Waals surface area contributed by atoms with Crippen molar-refractivity contribution in [1.29, 1.82) is 0 Å². The molecule has 2 rings (SSSR count). The molecule has 1 aliphatic rings. The summed E-state index contributed by atoms with van der Waals surface area (Å²) in [6.45, 7) is 2.03. The minimum Gasteiger partial charge on any atom is -0.508 e. The van der Waals surface area contributed by atoms with Crippen molar-refractivity contribution in [2.24, 2.45) is 0 Å². The van der Waals surface area contributed by atoms with Crippen LogP contribution in [0.25, 0.3) is 0 Å². The van der Waals surface area contributed by atoms with Crippen LogP contribution in [0.4, 0.5) is 4.79 Å². The molecule has 0 spiro atoms. The van der Waals surface area contributed by atoms with Gasteiger partial charge in [0.2, 0.25) is 0 Å². The molecule has 0 aromatic heterocycles. The van der Waals surface area contributed by atoms with Crippen molar-refractivity contribution in [2.45, 2.75) is 44.7 Å². The highest BCUT2D eigenvalue weighted by Gasteiger charge is 2.20. The Labute approximate surface area is 107 Å². The number of hydrogen-bond acceptors (Lipinski definition) is 2. The van der Waals surface area contributed by atoms with Crippen molar-refractivity contribution in [3.63, 3.8) is 0 Å². The van der Waals surface area contributed by atoms with E-state index in [-0.39, 0.29) is 17.8 Å². The summed E-state index contributed by atoms with van der Waals surface area (Å²) in [5, 5.41) is 15.2. The molecule has 1 saturated carbocycles. The molecule has 0 bridgehead atoms. The summed E-state index contributed by atoms with van der Waals surface area (Å²) >= 11 is 0. The Balaban J connectivity index is 1.91. The maximum absolute atomic E-state index is 11.8. The second-order valence-electron chi connectivity index (χ2n) is 4.80. The van der Waals surface area contributed by atoms with Gasteiger partial charge in [-0.25, -0.2) is 4.79 Å². The molecule has 0 heterocycles. The zero-order valence-electron chi connectivity index (χ0n) is 10.6. The van der Waals surface area contributed by atoms with Crippen LogP contribution in [0.5, 0.6) is 5.75 Å². The SMILES string of the molecule is CC[C@@H](NC(=O)NC1CCC1)c1ccc(O)cc1.